The highest BCUT2D eigenvalue weighted by atomic mass is 16.7. The molecule has 25 heavy (non-hydrogen) atoms. The third-order valence-electron chi connectivity index (χ3n) is 4.83. The number of nitrogens with zero attached hydrogens (tertiary/aromatic N) is 1. The van der Waals surface area contributed by atoms with Crippen LogP contribution in [0.1, 0.15) is 25.7 Å². The van der Waals surface area contributed by atoms with Gasteiger partial charge in [0, 0.05) is 12.0 Å². The molecule has 2 aliphatic rings. The van der Waals surface area contributed by atoms with Crippen LogP contribution in [0, 0.1) is 5.92 Å². The first-order chi connectivity index (χ1) is 12.3. The third-order valence-corrected chi connectivity index (χ3v) is 4.83. The van der Waals surface area contributed by atoms with Crippen LogP contribution in [-0.2, 0) is 4.79 Å². The number of rotatable bonds is 5. The lowest BCUT2D eigenvalue weighted by Crippen LogP contribution is -2.28. The van der Waals surface area contributed by atoms with Gasteiger partial charge >= 0.3 is 0 Å². The maximum Gasteiger partial charge on any atom is 0.231 e. The fourth-order valence-electron chi connectivity index (χ4n) is 3.37. The van der Waals surface area contributed by atoms with Crippen molar-refractivity contribution < 1.29 is 14.3 Å². The molecule has 7 nitrogen and oxygen atoms in total. The van der Waals surface area contributed by atoms with Crippen molar-refractivity contribution in [3.05, 3.63) is 24.4 Å². The molecule has 1 saturated heterocycles. The molecule has 0 atom stereocenters. The molecule has 3 heterocycles. The number of amides is 1. The summed E-state index contributed by atoms with van der Waals surface area (Å²) in [6.45, 7) is 2.35. The van der Waals surface area contributed by atoms with Crippen molar-refractivity contribution in [3.63, 3.8) is 0 Å². The molecular weight excluding hydrogens is 320 g/mol. The summed E-state index contributed by atoms with van der Waals surface area (Å²) >= 11 is 0. The van der Waals surface area contributed by atoms with Crippen LogP contribution in [-0.4, -0.2) is 36.0 Å². The van der Waals surface area contributed by atoms with Crippen molar-refractivity contribution in [1.29, 1.82) is 0 Å². The van der Waals surface area contributed by atoms with Gasteiger partial charge in [-0.2, -0.15) is 5.10 Å². The molecule has 1 amide bonds. The average Bonchev–Trinajstić information content (AvgIpc) is 3.29. The van der Waals surface area contributed by atoms with Crippen LogP contribution >= 0.6 is 0 Å². The zero-order valence-electron chi connectivity index (χ0n) is 14.0. The predicted molar refractivity (Wildman–Crippen MR) is 93.6 cm³/mol. The molecule has 132 valence electrons. The lowest BCUT2D eigenvalue weighted by Gasteiger charge is -2.22. The normalized spacial score (nSPS) is 16.8. The number of carbonyl (C=O) groups is 1. The van der Waals surface area contributed by atoms with Gasteiger partial charge in [-0.15, -0.1) is 0 Å². The predicted octanol–water partition coefficient (Wildman–Crippen LogP) is 2.52. The van der Waals surface area contributed by atoms with Crippen molar-refractivity contribution in [2.45, 2.75) is 25.7 Å². The van der Waals surface area contributed by atoms with Crippen molar-refractivity contribution in [3.8, 4) is 22.6 Å². The number of H-pyrrole nitrogens is 1. The Morgan fingerprint density at radius 1 is 1.24 bits per heavy atom. The van der Waals surface area contributed by atoms with E-state index in [4.69, 9.17) is 9.47 Å². The van der Waals surface area contributed by atoms with Crippen LogP contribution in [0.3, 0.4) is 0 Å². The van der Waals surface area contributed by atoms with Crippen LogP contribution < -0.4 is 20.1 Å². The first-order valence-corrected chi connectivity index (χ1v) is 8.73. The van der Waals surface area contributed by atoms with Gasteiger partial charge in [-0.25, -0.2) is 0 Å². The Labute approximate surface area is 146 Å². The molecule has 0 unspecified atom stereocenters. The van der Waals surface area contributed by atoms with E-state index in [1.54, 1.807) is 6.20 Å². The van der Waals surface area contributed by atoms with Gasteiger partial charge < -0.3 is 20.1 Å². The summed E-state index contributed by atoms with van der Waals surface area (Å²) in [7, 11) is 0. The number of benzene rings is 1. The molecule has 1 aromatic heterocycles. The topological polar surface area (TPSA) is 88.3 Å². The van der Waals surface area contributed by atoms with Gasteiger partial charge in [-0.1, -0.05) is 6.07 Å². The molecule has 7 heteroatoms. The standard InChI is InChI=1S/C18H22N4O3/c23-17(4-1-12-5-7-19-8-6-12)21-18-14(10-20-22-18)13-2-3-15-16(9-13)25-11-24-15/h2-3,9-10,12,19H,1,4-8,11H2,(H2,20,21,22,23). The van der Waals surface area contributed by atoms with Crippen LogP contribution in [0.5, 0.6) is 11.5 Å². The first kappa shape index (κ1) is 16.0. The molecule has 0 radical (unpaired) electrons. The zero-order chi connectivity index (χ0) is 17.1. The SMILES string of the molecule is O=C(CCC1CCNCC1)Nc1[nH]ncc1-c1ccc2c(c1)OCO2. The molecule has 0 spiro atoms. The van der Waals surface area contributed by atoms with E-state index in [9.17, 15) is 4.79 Å². The van der Waals surface area contributed by atoms with Gasteiger partial charge in [0.1, 0.15) is 5.82 Å². The molecular formula is C18H22N4O3. The van der Waals surface area contributed by atoms with Gasteiger partial charge in [0.2, 0.25) is 12.7 Å². The molecule has 0 saturated carbocycles. The third kappa shape index (κ3) is 3.61. The van der Waals surface area contributed by atoms with Crippen LogP contribution in [0.2, 0.25) is 0 Å². The molecule has 2 aliphatic heterocycles. The Morgan fingerprint density at radius 2 is 2.08 bits per heavy atom. The van der Waals surface area contributed by atoms with E-state index in [1.165, 1.54) is 0 Å². The quantitative estimate of drug-likeness (QED) is 0.777. The van der Waals surface area contributed by atoms with Crippen LogP contribution in [0.15, 0.2) is 24.4 Å². The highest BCUT2D eigenvalue weighted by molar-refractivity contribution is 5.94. The van der Waals surface area contributed by atoms with E-state index in [0.29, 0.717) is 23.9 Å². The number of nitrogens with one attached hydrogen (secondary N) is 3. The number of piperidine rings is 1. The summed E-state index contributed by atoms with van der Waals surface area (Å²) in [6.07, 6.45) is 5.48. The summed E-state index contributed by atoms with van der Waals surface area (Å²) in [5.41, 5.74) is 1.76. The summed E-state index contributed by atoms with van der Waals surface area (Å²) in [4.78, 5) is 12.3. The Hall–Kier alpha value is -2.54. The fourth-order valence-corrected chi connectivity index (χ4v) is 3.37. The van der Waals surface area contributed by atoms with E-state index < -0.39 is 0 Å². The molecule has 3 N–H and O–H groups in total. The van der Waals surface area contributed by atoms with Gasteiger partial charge in [-0.3, -0.25) is 9.89 Å². The van der Waals surface area contributed by atoms with Gasteiger partial charge in [0.25, 0.3) is 0 Å². The van der Waals surface area contributed by atoms with Gasteiger partial charge in [-0.05, 0) is 56.0 Å². The minimum atomic E-state index is 0.0183. The maximum absolute atomic E-state index is 12.3. The second-order valence-electron chi connectivity index (χ2n) is 6.51. The van der Waals surface area contributed by atoms with E-state index in [1.807, 2.05) is 18.2 Å². The van der Waals surface area contributed by atoms with Crippen molar-refractivity contribution in [2.75, 3.05) is 25.2 Å². The molecule has 0 bridgehead atoms. The highest BCUT2D eigenvalue weighted by Gasteiger charge is 2.18. The van der Waals surface area contributed by atoms with Crippen molar-refractivity contribution >= 4 is 11.7 Å². The largest absolute Gasteiger partial charge is 0.454 e. The summed E-state index contributed by atoms with van der Waals surface area (Å²) in [6, 6.07) is 5.70. The van der Waals surface area contributed by atoms with E-state index >= 15 is 0 Å². The van der Waals surface area contributed by atoms with Crippen molar-refractivity contribution in [2.24, 2.45) is 5.92 Å². The Morgan fingerprint density at radius 3 is 2.96 bits per heavy atom. The summed E-state index contributed by atoms with van der Waals surface area (Å²) in [5, 5.41) is 13.3. The lowest BCUT2D eigenvalue weighted by atomic mass is 9.93. The molecule has 1 fully saturated rings. The molecule has 4 rings (SSSR count). The van der Waals surface area contributed by atoms with E-state index in [2.05, 4.69) is 20.8 Å². The molecule has 1 aromatic carbocycles. The van der Waals surface area contributed by atoms with Crippen LogP contribution in [0.4, 0.5) is 5.82 Å². The Bertz CT molecular complexity index is 753. The first-order valence-electron chi connectivity index (χ1n) is 8.73. The second kappa shape index (κ2) is 7.14. The zero-order valence-corrected chi connectivity index (χ0v) is 14.0. The number of hydrogen-bond acceptors (Lipinski definition) is 5. The fraction of sp³-hybridized carbons (Fsp3) is 0.444. The summed E-state index contributed by atoms with van der Waals surface area (Å²) < 4.78 is 10.8. The minimum Gasteiger partial charge on any atom is -0.454 e. The number of aromatic amines is 1. The second-order valence-corrected chi connectivity index (χ2v) is 6.51. The number of carbonyl (C=O) groups excluding carboxylic acids is 1. The number of aromatic nitrogens is 2. The number of hydrogen-bond donors (Lipinski definition) is 3. The molecule has 2 aromatic rings. The molecule has 0 aliphatic carbocycles. The number of ether oxygens (including phenoxy) is 2. The van der Waals surface area contributed by atoms with E-state index in [-0.39, 0.29) is 12.7 Å². The monoisotopic (exact) mass is 342 g/mol. The van der Waals surface area contributed by atoms with Crippen LogP contribution in [0.25, 0.3) is 11.1 Å². The summed E-state index contributed by atoms with van der Waals surface area (Å²) in [5.74, 6) is 2.72. The minimum absolute atomic E-state index is 0.0183. The van der Waals surface area contributed by atoms with E-state index in [0.717, 1.165) is 49.2 Å². The number of anilines is 1. The lowest BCUT2D eigenvalue weighted by molar-refractivity contribution is -0.116. The van der Waals surface area contributed by atoms with Gasteiger partial charge in [0.05, 0.1) is 6.20 Å². The average molecular weight is 342 g/mol. The smallest absolute Gasteiger partial charge is 0.231 e. The Kier molecular flexibility index (Phi) is 4.56. The maximum atomic E-state index is 12.3. The number of fused-ring (bicyclic) bond motifs is 1. The Balaban J connectivity index is 1.40. The highest BCUT2D eigenvalue weighted by Crippen LogP contribution is 2.37. The van der Waals surface area contributed by atoms with Crippen molar-refractivity contribution in [1.82, 2.24) is 15.5 Å². The van der Waals surface area contributed by atoms with Gasteiger partial charge in [0.15, 0.2) is 11.5 Å².